The van der Waals surface area contributed by atoms with Gasteiger partial charge in [-0.3, -0.25) is 0 Å². The number of carbonyl (C=O) groups is 2. The van der Waals surface area contributed by atoms with Crippen molar-refractivity contribution < 1.29 is 14.3 Å². The number of nitriles is 1. The summed E-state index contributed by atoms with van der Waals surface area (Å²) in [5.74, 6) is -0.477. The standard InChI is InChI=1S/C14H17N3O3/c1-2-3-10-20-13(18)11-6-4-5-7-12(11)17-14(19)16-9-8-15/h4-7H,2-3,9-10H2,1H3,(H2,16,17,19). The Morgan fingerprint density at radius 3 is 2.80 bits per heavy atom. The van der Waals surface area contributed by atoms with Gasteiger partial charge in [0.15, 0.2) is 0 Å². The zero-order valence-electron chi connectivity index (χ0n) is 11.3. The Hall–Kier alpha value is -2.55. The van der Waals surface area contributed by atoms with Crippen LogP contribution in [0.4, 0.5) is 10.5 Å². The van der Waals surface area contributed by atoms with E-state index in [-0.39, 0.29) is 12.1 Å². The van der Waals surface area contributed by atoms with E-state index in [2.05, 4.69) is 10.6 Å². The number of nitrogens with one attached hydrogen (secondary N) is 2. The largest absolute Gasteiger partial charge is 0.462 e. The number of nitrogens with zero attached hydrogens (tertiary/aromatic N) is 1. The first kappa shape index (κ1) is 15.5. The Morgan fingerprint density at radius 1 is 1.35 bits per heavy atom. The molecular formula is C14H17N3O3. The average Bonchev–Trinajstić information content (AvgIpc) is 2.46. The fraction of sp³-hybridized carbons (Fsp3) is 0.357. The first-order valence-electron chi connectivity index (χ1n) is 6.37. The summed E-state index contributed by atoms with van der Waals surface area (Å²) in [6, 6.07) is 7.81. The van der Waals surface area contributed by atoms with Gasteiger partial charge in [-0.1, -0.05) is 25.5 Å². The van der Waals surface area contributed by atoms with E-state index in [1.54, 1.807) is 30.3 Å². The summed E-state index contributed by atoms with van der Waals surface area (Å²) in [5.41, 5.74) is 0.639. The molecule has 0 saturated heterocycles. The number of hydrogen-bond donors (Lipinski definition) is 2. The molecule has 0 aliphatic rings. The third kappa shape index (κ3) is 4.98. The monoisotopic (exact) mass is 275 g/mol. The molecule has 0 fully saturated rings. The quantitative estimate of drug-likeness (QED) is 0.473. The summed E-state index contributed by atoms with van der Waals surface area (Å²) in [6.07, 6.45) is 1.73. The molecule has 106 valence electrons. The minimum atomic E-state index is -0.541. The van der Waals surface area contributed by atoms with Crippen LogP contribution in [-0.2, 0) is 4.74 Å². The lowest BCUT2D eigenvalue weighted by atomic mass is 10.2. The van der Waals surface area contributed by atoms with E-state index >= 15 is 0 Å². The van der Waals surface area contributed by atoms with Crippen LogP contribution in [0.5, 0.6) is 0 Å². The molecule has 0 heterocycles. The first-order chi connectivity index (χ1) is 9.69. The first-order valence-corrected chi connectivity index (χ1v) is 6.37. The van der Waals surface area contributed by atoms with Crippen LogP contribution in [0.3, 0.4) is 0 Å². The van der Waals surface area contributed by atoms with Gasteiger partial charge < -0.3 is 15.4 Å². The van der Waals surface area contributed by atoms with Crippen LogP contribution < -0.4 is 10.6 Å². The van der Waals surface area contributed by atoms with Gasteiger partial charge in [-0.25, -0.2) is 9.59 Å². The maximum Gasteiger partial charge on any atom is 0.340 e. The molecule has 0 aromatic heterocycles. The molecular weight excluding hydrogens is 258 g/mol. The van der Waals surface area contributed by atoms with E-state index in [0.29, 0.717) is 12.3 Å². The molecule has 0 unspecified atom stereocenters. The zero-order chi connectivity index (χ0) is 14.8. The number of unbranched alkanes of at least 4 members (excludes halogenated alkanes) is 1. The van der Waals surface area contributed by atoms with Gasteiger partial charge in [0, 0.05) is 0 Å². The molecule has 1 aromatic rings. The molecule has 0 radical (unpaired) electrons. The summed E-state index contributed by atoms with van der Waals surface area (Å²) in [7, 11) is 0. The smallest absolute Gasteiger partial charge is 0.340 e. The molecule has 2 amide bonds. The van der Waals surface area contributed by atoms with E-state index in [1.165, 1.54) is 0 Å². The van der Waals surface area contributed by atoms with Gasteiger partial charge in [-0.15, -0.1) is 0 Å². The number of esters is 1. The molecule has 0 aliphatic carbocycles. The van der Waals surface area contributed by atoms with Crippen LogP contribution in [0.25, 0.3) is 0 Å². The summed E-state index contributed by atoms with van der Waals surface area (Å²) >= 11 is 0. The number of benzene rings is 1. The van der Waals surface area contributed by atoms with Crippen LogP contribution >= 0.6 is 0 Å². The average molecular weight is 275 g/mol. The van der Waals surface area contributed by atoms with Gasteiger partial charge in [-0.05, 0) is 18.6 Å². The zero-order valence-corrected chi connectivity index (χ0v) is 11.3. The summed E-state index contributed by atoms with van der Waals surface area (Å²) in [6.45, 7) is 2.25. The molecule has 0 atom stereocenters. The summed E-state index contributed by atoms with van der Waals surface area (Å²) in [5, 5.41) is 13.2. The number of amides is 2. The maximum absolute atomic E-state index is 11.9. The minimum Gasteiger partial charge on any atom is -0.462 e. The van der Waals surface area contributed by atoms with Crippen molar-refractivity contribution in [2.45, 2.75) is 19.8 Å². The van der Waals surface area contributed by atoms with Crippen molar-refractivity contribution in [1.82, 2.24) is 5.32 Å². The van der Waals surface area contributed by atoms with Crippen LogP contribution in [0.2, 0.25) is 0 Å². The second-order valence-corrected chi connectivity index (χ2v) is 4.00. The Balaban J connectivity index is 2.70. The van der Waals surface area contributed by atoms with Crippen molar-refractivity contribution in [1.29, 1.82) is 5.26 Å². The molecule has 0 aliphatic heterocycles. The molecule has 0 spiro atoms. The normalized spacial score (nSPS) is 9.40. The van der Waals surface area contributed by atoms with E-state index < -0.39 is 12.0 Å². The maximum atomic E-state index is 11.9. The van der Waals surface area contributed by atoms with Crippen molar-refractivity contribution in [3.05, 3.63) is 29.8 Å². The molecule has 1 aromatic carbocycles. The van der Waals surface area contributed by atoms with Gasteiger partial charge >= 0.3 is 12.0 Å². The minimum absolute atomic E-state index is 0.102. The summed E-state index contributed by atoms with van der Waals surface area (Å²) < 4.78 is 5.11. The van der Waals surface area contributed by atoms with Crippen molar-refractivity contribution in [3.8, 4) is 6.07 Å². The third-order valence-corrected chi connectivity index (χ3v) is 2.45. The lowest BCUT2D eigenvalue weighted by Gasteiger charge is -2.10. The highest BCUT2D eigenvalue weighted by atomic mass is 16.5. The van der Waals surface area contributed by atoms with E-state index in [1.807, 2.05) is 6.92 Å². The lowest BCUT2D eigenvalue weighted by Crippen LogP contribution is -2.29. The highest BCUT2D eigenvalue weighted by molar-refractivity contribution is 6.00. The van der Waals surface area contributed by atoms with E-state index in [4.69, 9.17) is 10.00 Å². The predicted molar refractivity (Wildman–Crippen MR) is 74.3 cm³/mol. The number of anilines is 1. The van der Waals surface area contributed by atoms with E-state index in [0.717, 1.165) is 12.8 Å². The number of carbonyl (C=O) groups excluding carboxylic acids is 2. The molecule has 1 rings (SSSR count). The molecule has 6 nitrogen and oxygen atoms in total. The number of para-hydroxylation sites is 1. The SMILES string of the molecule is CCCCOC(=O)c1ccccc1NC(=O)NCC#N. The highest BCUT2D eigenvalue weighted by Gasteiger charge is 2.13. The molecule has 0 saturated carbocycles. The molecule has 6 heteroatoms. The van der Waals surface area contributed by atoms with Crippen LogP contribution in [0, 0.1) is 11.3 Å². The van der Waals surface area contributed by atoms with Crippen LogP contribution in [-0.4, -0.2) is 25.2 Å². The topological polar surface area (TPSA) is 91.2 Å². The van der Waals surface area contributed by atoms with Gasteiger partial charge in [0.2, 0.25) is 0 Å². The Bertz CT molecular complexity index is 509. The Morgan fingerprint density at radius 2 is 2.10 bits per heavy atom. The van der Waals surface area contributed by atoms with Crippen LogP contribution in [0.15, 0.2) is 24.3 Å². The van der Waals surface area contributed by atoms with Crippen LogP contribution in [0.1, 0.15) is 30.1 Å². The van der Waals surface area contributed by atoms with Gasteiger partial charge in [0.1, 0.15) is 6.54 Å². The fourth-order valence-corrected chi connectivity index (χ4v) is 1.44. The number of rotatable bonds is 6. The fourth-order valence-electron chi connectivity index (χ4n) is 1.44. The highest BCUT2D eigenvalue weighted by Crippen LogP contribution is 2.16. The van der Waals surface area contributed by atoms with Gasteiger partial charge in [-0.2, -0.15) is 5.26 Å². The predicted octanol–water partition coefficient (Wildman–Crippen LogP) is 2.29. The van der Waals surface area contributed by atoms with Gasteiger partial charge in [0.05, 0.1) is 23.9 Å². The lowest BCUT2D eigenvalue weighted by molar-refractivity contribution is 0.0501. The van der Waals surface area contributed by atoms with Crippen molar-refractivity contribution in [2.24, 2.45) is 0 Å². The Kier molecular flexibility index (Phi) is 6.62. The second kappa shape index (κ2) is 8.53. The number of urea groups is 1. The summed E-state index contributed by atoms with van der Waals surface area (Å²) in [4.78, 5) is 23.4. The third-order valence-electron chi connectivity index (χ3n) is 2.45. The van der Waals surface area contributed by atoms with Crippen molar-refractivity contribution in [2.75, 3.05) is 18.5 Å². The number of hydrogen-bond acceptors (Lipinski definition) is 4. The second-order valence-electron chi connectivity index (χ2n) is 4.00. The Labute approximate surface area is 117 Å². The van der Waals surface area contributed by atoms with Crippen molar-refractivity contribution >= 4 is 17.7 Å². The van der Waals surface area contributed by atoms with Crippen molar-refractivity contribution in [3.63, 3.8) is 0 Å². The van der Waals surface area contributed by atoms with Gasteiger partial charge in [0.25, 0.3) is 0 Å². The molecule has 0 bridgehead atoms. The number of ether oxygens (including phenoxy) is 1. The van der Waals surface area contributed by atoms with E-state index in [9.17, 15) is 9.59 Å². The molecule has 2 N–H and O–H groups in total. The molecule has 20 heavy (non-hydrogen) atoms.